The zero-order chi connectivity index (χ0) is 15.0. The summed E-state index contributed by atoms with van der Waals surface area (Å²) in [5.74, 6) is -1.65. The lowest BCUT2D eigenvalue weighted by molar-refractivity contribution is -0.139. The first-order valence-electron chi connectivity index (χ1n) is 6.40. The maximum absolute atomic E-state index is 12.5. The van der Waals surface area contributed by atoms with Crippen molar-refractivity contribution < 1.29 is 14.7 Å². The van der Waals surface area contributed by atoms with E-state index < -0.39 is 11.9 Å². The van der Waals surface area contributed by atoms with Crippen LogP contribution in [-0.4, -0.2) is 28.4 Å². The standard InChI is InChI=1S/C15H12INO3S/c16-13-5-10(8-21-13)14(18)17-6-9-3-1-2-4-11(9)12(7-17)15(19)20/h1-5,8,12H,6-7H2,(H,19,20). The first-order valence-corrected chi connectivity index (χ1v) is 8.36. The van der Waals surface area contributed by atoms with Crippen molar-refractivity contribution in [1.82, 2.24) is 4.90 Å². The van der Waals surface area contributed by atoms with Gasteiger partial charge in [0.1, 0.15) is 0 Å². The molecule has 0 bridgehead atoms. The van der Waals surface area contributed by atoms with Crippen molar-refractivity contribution in [3.63, 3.8) is 0 Å². The second-order valence-corrected chi connectivity index (χ2v) is 7.72. The number of benzene rings is 1. The van der Waals surface area contributed by atoms with Crippen molar-refractivity contribution >= 4 is 45.8 Å². The van der Waals surface area contributed by atoms with Crippen LogP contribution in [-0.2, 0) is 11.3 Å². The van der Waals surface area contributed by atoms with Crippen LogP contribution in [0, 0.1) is 2.88 Å². The molecular formula is C15H12INO3S. The number of hydrogen-bond donors (Lipinski definition) is 1. The minimum absolute atomic E-state index is 0.102. The number of fused-ring (bicyclic) bond motifs is 1. The van der Waals surface area contributed by atoms with E-state index in [0.29, 0.717) is 12.1 Å². The highest BCUT2D eigenvalue weighted by molar-refractivity contribution is 14.1. The van der Waals surface area contributed by atoms with Crippen molar-refractivity contribution in [2.75, 3.05) is 6.54 Å². The SMILES string of the molecule is O=C(O)C1CN(C(=O)c2csc(I)c2)Cc2ccccc21. The highest BCUT2D eigenvalue weighted by Gasteiger charge is 2.32. The molecule has 0 aliphatic carbocycles. The number of rotatable bonds is 2. The summed E-state index contributed by atoms with van der Waals surface area (Å²) in [5, 5.41) is 11.2. The Morgan fingerprint density at radius 2 is 2.10 bits per heavy atom. The molecule has 1 atom stereocenters. The van der Waals surface area contributed by atoms with E-state index in [1.807, 2.05) is 35.7 Å². The number of aliphatic carboxylic acids is 1. The monoisotopic (exact) mass is 413 g/mol. The molecule has 2 heterocycles. The Morgan fingerprint density at radius 1 is 1.33 bits per heavy atom. The van der Waals surface area contributed by atoms with Gasteiger partial charge in [0.2, 0.25) is 0 Å². The highest BCUT2D eigenvalue weighted by Crippen LogP contribution is 2.30. The van der Waals surface area contributed by atoms with Crippen LogP contribution in [0.4, 0.5) is 0 Å². The minimum Gasteiger partial charge on any atom is -0.481 e. The largest absolute Gasteiger partial charge is 0.481 e. The van der Waals surface area contributed by atoms with Crippen LogP contribution in [0.1, 0.15) is 27.4 Å². The molecule has 0 saturated heterocycles. The molecule has 0 spiro atoms. The third-order valence-corrected chi connectivity index (χ3v) is 5.38. The number of carboxylic acid groups (broad SMARTS) is 1. The first kappa shape index (κ1) is 14.5. The number of hydrogen-bond acceptors (Lipinski definition) is 3. The fourth-order valence-corrected chi connectivity index (χ4v) is 3.90. The van der Waals surface area contributed by atoms with Gasteiger partial charge in [-0.3, -0.25) is 9.59 Å². The van der Waals surface area contributed by atoms with Crippen molar-refractivity contribution in [2.45, 2.75) is 12.5 Å². The van der Waals surface area contributed by atoms with Gasteiger partial charge in [0, 0.05) is 18.5 Å². The zero-order valence-corrected chi connectivity index (χ0v) is 13.9. The van der Waals surface area contributed by atoms with E-state index in [-0.39, 0.29) is 12.5 Å². The normalized spacial score (nSPS) is 17.4. The Hall–Kier alpha value is -1.41. The number of halogens is 1. The van der Waals surface area contributed by atoms with Crippen LogP contribution >= 0.6 is 33.9 Å². The fraction of sp³-hybridized carbons (Fsp3) is 0.200. The molecule has 1 amide bonds. The number of amides is 1. The van der Waals surface area contributed by atoms with Crippen molar-refractivity contribution in [1.29, 1.82) is 0 Å². The van der Waals surface area contributed by atoms with Gasteiger partial charge in [-0.15, -0.1) is 11.3 Å². The predicted molar refractivity (Wildman–Crippen MR) is 88.6 cm³/mol. The van der Waals surface area contributed by atoms with Crippen LogP contribution in [0.15, 0.2) is 35.7 Å². The molecule has 21 heavy (non-hydrogen) atoms. The fourth-order valence-electron chi connectivity index (χ4n) is 2.58. The van der Waals surface area contributed by atoms with Crippen LogP contribution in [0.25, 0.3) is 0 Å². The van der Waals surface area contributed by atoms with Crippen LogP contribution in [0.2, 0.25) is 0 Å². The van der Waals surface area contributed by atoms with Crippen LogP contribution < -0.4 is 0 Å². The number of nitrogens with zero attached hydrogens (tertiary/aromatic N) is 1. The van der Waals surface area contributed by atoms with Crippen LogP contribution in [0.5, 0.6) is 0 Å². The molecule has 3 rings (SSSR count). The molecule has 1 aromatic heterocycles. The van der Waals surface area contributed by atoms with Gasteiger partial charge >= 0.3 is 5.97 Å². The van der Waals surface area contributed by atoms with Gasteiger partial charge in [-0.2, -0.15) is 0 Å². The highest BCUT2D eigenvalue weighted by atomic mass is 127. The molecule has 0 radical (unpaired) electrons. The molecular weight excluding hydrogens is 401 g/mol. The van der Waals surface area contributed by atoms with Crippen LogP contribution in [0.3, 0.4) is 0 Å². The van der Waals surface area contributed by atoms with E-state index in [1.54, 1.807) is 4.90 Å². The summed E-state index contributed by atoms with van der Waals surface area (Å²) in [5.41, 5.74) is 2.36. The Bertz CT molecular complexity index is 712. The maximum atomic E-state index is 12.5. The van der Waals surface area contributed by atoms with Crippen molar-refractivity contribution in [3.8, 4) is 0 Å². The first-order chi connectivity index (χ1) is 10.1. The Balaban J connectivity index is 1.93. The molecule has 1 unspecified atom stereocenters. The molecule has 1 aliphatic rings. The van der Waals surface area contributed by atoms with Crippen molar-refractivity contribution in [3.05, 3.63) is 55.3 Å². The van der Waals surface area contributed by atoms with Gasteiger partial charge in [-0.25, -0.2) is 0 Å². The lowest BCUT2D eigenvalue weighted by Crippen LogP contribution is -2.40. The smallest absolute Gasteiger partial charge is 0.312 e. The summed E-state index contributed by atoms with van der Waals surface area (Å²) in [4.78, 5) is 25.6. The van der Waals surface area contributed by atoms with Gasteiger partial charge in [-0.1, -0.05) is 24.3 Å². The predicted octanol–water partition coefficient (Wildman–Crippen LogP) is 3.18. The third kappa shape index (κ3) is 2.82. The summed E-state index contributed by atoms with van der Waals surface area (Å²) in [6.07, 6.45) is 0. The molecule has 1 aliphatic heterocycles. The Kier molecular flexibility index (Phi) is 3.99. The van der Waals surface area contributed by atoms with Gasteiger partial charge in [0.05, 0.1) is 14.4 Å². The molecule has 1 N–H and O–H groups in total. The number of carbonyl (C=O) groups is 2. The third-order valence-electron chi connectivity index (χ3n) is 3.59. The maximum Gasteiger partial charge on any atom is 0.312 e. The summed E-state index contributed by atoms with van der Waals surface area (Å²) in [7, 11) is 0. The number of carbonyl (C=O) groups excluding carboxylic acids is 1. The molecule has 0 saturated carbocycles. The van der Waals surface area contributed by atoms with Gasteiger partial charge < -0.3 is 10.0 Å². The minimum atomic E-state index is -0.889. The Morgan fingerprint density at radius 3 is 2.76 bits per heavy atom. The van der Waals surface area contributed by atoms with E-state index >= 15 is 0 Å². The average Bonchev–Trinajstić information content (AvgIpc) is 2.91. The van der Waals surface area contributed by atoms with Gasteiger partial charge in [0.15, 0.2) is 0 Å². The molecule has 108 valence electrons. The summed E-state index contributed by atoms with van der Waals surface area (Å²) >= 11 is 3.69. The Labute approximate surface area is 139 Å². The summed E-state index contributed by atoms with van der Waals surface area (Å²) in [6, 6.07) is 9.28. The molecule has 6 heteroatoms. The van der Waals surface area contributed by atoms with E-state index in [0.717, 1.165) is 14.0 Å². The summed E-state index contributed by atoms with van der Waals surface area (Å²) < 4.78 is 1.04. The van der Waals surface area contributed by atoms with Gasteiger partial charge in [0.25, 0.3) is 5.91 Å². The van der Waals surface area contributed by atoms with E-state index in [9.17, 15) is 14.7 Å². The average molecular weight is 413 g/mol. The molecule has 0 fully saturated rings. The van der Waals surface area contributed by atoms with E-state index in [1.165, 1.54) is 11.3 Å². The topological polar surface area (TPSA) is 57.6 Å². The quantitative estimate of drug-likeness (QED) is 0.770. The van der Waals surface area contributed by atoms with E-state index in [4.69, 9.17) is 0 Å². The lowest BCUT2D eigenvalue weighted by Gasteiger charge is -2.32. The molecule has 4 nitrogen and oxygen atoms in total. The zero-order valence-electron chi connectivity index (χ0n) is 11.0. The molecule has 2 aromatic rings. The summed E-state index contributed by atoms with van der Waals surface area (Å²) in [6.45, 7) is 0.683. The van der Waals surface area contributed by atoms with Gasteiger partial charge in [-0.05, 0) is 39.8 Å². The second kappa shape index (κ2) is 5.76. The lowest BCUT2D eigenvalue weighted by atomic mass is 9.89. The number of thiophene rings is 1. The molecule has 1 aromatic carbocycles. The second-order valence-electron chi connectivity index (χ2n) is 4.91. The van der Waals surface area contributed by atoms with Crippen molar-refractivity contribution in [2.24, 2.45) is 0 Å². The van der Waals surface area contributed by atoms with E-state index in [2.05, 4.69) is 22.6 Å². The number of carboxylic acids is 1.